The number of fused-ring (bicyclic) bond motifs is 1. The molecule has 0 N–H and O–H groups in total. The highest BCUT2D eigenvalue weighted by Crippen LogP contribution is 2.25. The number of benzene rings is 2. The van der Waals surface area contributed by atoms with E-state index in [1.165, 1.54) is 35.5 Å². The minimum absolute atomic E-state index is 0.0379. The fourth-order valence-corrected chi connectivity index (χ4v) is 4.33. The minimum atomic E-state index is -3.73. The second-order valence-corrected chi connectivity index (χ2v) is 8.00. The van der Waals surface area contributed by atoms with E-state index in [-0.39, 0.29) is 10.5 Å². The molecule has 0 aliphatic carbocycles. The molecule has 0 saturated heterocycles. The second kappa shape index (κ2) is 7.28. The predicted octanol–water partition coefficient (Wildman–Crippen LogP) is 2.50. The number of carbonyl (C=O) groups excluding carboxylic acids is 1. The molecule has 6 nitrogen and oxygen atoms in total. The molecule has 0 bridgehead atoms. The van der Waals surface area contributed by atoms with Crippen LogP contribution in [0.4, 0.5) is 0 Å². The first-order chi connectivity index (χ1) is 12.4. The van der Waals surface area contributed by atoms with E-state index in [2.05, 4.69) is 0 Å². The molecule has 0 spiro atoms. The Morgan fingerprint density at radius 2 is 1.92 bits per heavy atom. The van der Waals surface area contributed by atoms with Crippen molar-refractivity contribution in [3.63, 3.8) is 0 Å². The van der Waals surface area contributed by atoms with E-state index in [1.54, 1.807) is 6.07 Å². The third-order valence-corrected chi connectivity index (χ3v) is 6.11. The second-order valence-electron chi connectivity index (χ2n) is 6.06. The molecule has 2 aromatic rings. The minimum Gasteiger partial charge on any atom is -0.444 e. The number of nitrogens with zero attached hydrogens (tertiary/aromatic N) is 2. The van der Waals surface area contributed by atoms with Crippen molar-refractivity contribution >= 4 is 16.0 Å². The zero-order valence-electron chi connectivity index (χ0n) is 14.3. The van der Waals surface area contributed by atoms with Crippen LogP contribution in [0.15, 0.2) is 53.4 Å². The van der Waals surface area contributed by atoms with Crippen LogP contribution in [-0.4, -0.2) is 31.3 Å². The van der Waals surface area contributed by atoms with Crippen molar-refractivity contribution in [3.05, 3.63) is 65.2 Å². The zero-order chi connectivity index (χ0) is 18.7. The van der Waals surface area contributed by atoms with Gasteiger partial charge in [0.25, 0.3) is 0 Å². The third-order valence-electron chi connectivity index (χ3n) is 4.27. The molecule has 1 aliphatic heterocycles. The Kier molecular flexibility index (Phi) is 5.07. The fourth-order valence-electron chi connectivity index (χ4n) is 2.86. The summed E-state index contributed by atoms with van der Waals surface area (Å²) >= 11 is 0. The van der Waals surface area contributed by atoms with Crippen molar-refractivity contribution in [2.75, 3.05) is 6.54 Å². The molecule has 0 aromatic heterocycles. The molecule has 1 aliphatic rings. The lowest BCUT2D eigenvalue weighted by Crippen LogP contribution is -2.36. The highest BCUT2D eigenvalue weighted by atomic mass is 32.2. The molecular weight excluding hydrogens is 352 g/mol. The maximum Gasteiger partial charge on any atom is 0.339 e. The molecule has 1 heterocycles. The molecule has 0 unspecified atom stereocenters. The van der Waals surface area contributed by atoms with Gasteiger partial charge < -0.3 is 4.74 Å². The lowest BCUT2D eigenvalue weighted by molar-refractivity contribution is 0.0435. The van der Waals surface area contributed by atoms with Gasteiger partial charge in [0.05, 0.1) is 10.5 Å². The van der Waals surface area contributed by atoms with Gasteiger partial charge in [-0.3, -0.25) is 0 Å². The van der Waals surface area contributed by atoms with Crippen molar-refractivity contribution in [3.8, 4) is 6.07 Å². The fraction of sp³-hybridized carbons (Fsp3) is 0.263. The Hall–Kier alpha value is -2.69. The smallest absolute Gasteiger partial charge is 0.339 e. The Morgan fingerprint density at radius 3 is 2.65 bits per heavy atom. The van der Waals surface area contributed by atoms with Crippen LogP contribution >= 0.6 is 0 Å². The van der Waals surface area contributed by atoms with Crippen LogP contribution in [-0.2, 0) is 27.7 Å². The summed E-state index contributed by atoms with van der Waals surface area (Å²) in [4.78, 5) is 12.1. The summed E-state index contributed by atoms with van der Waals surface area (Å²) in [7, 11) is -3.73. The summed E-state index contributed by atoms with van der Waals surface area (Å²) in [5.74, 6) is -0.722. The number of esters is 1. The maximum absolute atomic E-state index is 13.0. The molecule has 134 valence electrons. The Morgan fingerprint density at radius 1 is 1.19 bits per heavy atom. The van der Waals surface area contributed by atoms with Crippen LogP contribution in [0.25, 0.3) is 0 Å². The highest BCUT2D eigenvalue weighted by molar-refractivity contribution is 7.89. The van der Waals surface area contributed by atoms with Gasteiger partial charge in [-0.05, 0) is 42.7 Å². The van der Waals surface area contributed by atoms with Gasteiger partial charge in [0.15, 0.2) is 6.10 Å². The van der Waals surface area contributed by atoms with Gasteiger partial charge in [-0.2, -0.15) is 9.57 Å². The first-order valence-corrected chi connectivity index (χ1v) is 9.63. The molecule has 1 atom stereocenters. The normalized spacial score (nSPS) is 15.5. The summed E-state index contributed by atoms with van der Waals surface area (Å²) in [6.45, 7) is 2.14. The van der Waals surface area contributed by atoms with Crippen LogP contribution in [0.5, 0.6) is 0 Å². The molecular formula is C19H18N2O4S. The average molecular weight is 370 g/mol. The van der Waals surface area contributed by atoms with Crippen LogP contribution in [0.1, 0.15) is 28.4 Å². The van der Waals surface area contributed by atoms with Crippen molar-refractivity contribution in [1.82, 2.24) is 4.31 Å². The number of ether oxygens (including phenoxy) is 1. The summed E-state index contributed by atoms with van der Waals surface area (Å²) in [6, 6.07) is 15.3. The molecule has 3 rings (SSSR count). The topological polar surface area (TPSA) is 87.5 Å². The quantitative estimate of drug-likeness (QED) is 0.772. The molecule has 0 amide bonds. The lowest BCUT2D eigenvalue weighted by Gasteiger charge is -2.28. The van der Waals surface area contributed by atoms with E-state index in [0.29, 0.717) is 19.5 Å². The van der Waals surface area contributed by atoms with Crippen molar-refractivity contribution < 1.29 is 17.9 Å². The van der Waals surface area contributed by atoms with Gasteiger partial charge in [0.1, 0.15) is 6.07 Å². The van der Waals surface area contributed by atoms with E-state index in [0.717, 1.165) is 11.1 Å². The summed E-state index contributed by atoms with van der Waals surface area (Å²) in [6.07, 6.45) is -0.252. The summed E-state index contributed by atoms with van der Waals surface area (Å²) in [5.41, 5.74) is 2.24. The number of hydrogen-bond donors (Lipinski definition) is 0. The van der Waals surface area contributed by atoms with Gasteiger partial charge in [-0.15, -0.1) is 0 Å². The van der Waals surface area contributed by atoms with Gasteiger partial charge in [-0.25, -0.2) is 13.2 Å². The molecule has 2 aromatic carbocycles. The first kappa shape index (κ1) is 18.1. The molecule has 7 heteroatoms. The number of hydrogen-bond acceptors (Lipinski definition) is 5. The third kappa shape index (κ3) is 3.62. The maximum atomic E-state index is 13.0. The van der Waals surface area contributed by atoms with Crippen LogP contribution in [0, 0.1) is 11.3 Å². The van der Waals surface area contributed by atoms with E-state index >= 15 is 0 Å². The van der Waals surface area contributed by atoms with Gasteiger partial charge in [0, 0.05) is 13.1 Å². The zero-order valence-corrected chi connectivity index (χ0v) is 15.1. The van der Waals surface area contributed by atoms with Crippen LogP contribution in [0.3, 0.4) is 0 Å². The van der Waals surface area contributed by atoms with E-state index in [9.17, 15) is 13.2 Å². The molecule has 0 saturated carbocycles. The number of nitriles is 1. The van der Waals surface area contributed by atoms with Gasteiger partial charge >= 0.3 is 5.97 Å². The largest absolute Gasteiger partial charge is 0.444 e. The molecule has 26 heavy (non-hydrogen) atoms. The van der Waals surface area contributed by atoms with E-state index < -0.39 is 22.1 Å². The average Bonchev–Trinajstić information content (AvgIpc) is 2.67. The molecule has 0 radical (unpaired) electrons. The molecule has 0 fully saturated rings. The van der Waals surface area contributed by atoms with Crippen LogP contribution in [0.2, 0.25) is 0 Å². The Bertz CT molecular complexity index is 979. The first-order valence-electron chi connectivity index (χ1n) is 8.19. The number of carbonyl (C=O) groups is 1. The highest BCUT2D eigenvalue weighted by Gasteiger charge is 2.28. The Labute approximate surface area is 152 Å². The van der Waals surface area contributed by atoms with E-state index in [4.69, 9.17) is 10.00 Å². The lowest BCUT2D eigenvalue weighted by atomic mass is 10.0. The standard InChI is InChI=1S/C19H18N2O4S/c1-14(12-20)25-19(22)16-7-4-8-18(11-16)26(23,24)21-10-9-15-5-2-3-6-17(15)13-21/h2-8,11,14H,9-10,13H2,1H3/t14-/m1/s1. The van der Waals surface area contributed by atoms with Crippen molar-refractivity contribution in [1.29, 1.82) is 5.26 Å². The van der Waals surface area contributed by atoms with Crippen molar-refractivity contribution in [2.45, 2.75) is 30.9 Å². The monoisotopic (exact) mass is 370 g/mol. The van der Waals surface area contributed by atoms with Gasteiger partial charge in [-0.1, -0.05) is 30.3 Å². The summed E-state index contributed by atoms with van der Waals surface area (Å²) in [5, 5.41) is 8.73. The Balaban J connectivity index is 1.86. The number of sulfonamides is 1. The van der Waals surface area contributed by atoms with Gasteiger partial charge in [0.2, 0.25) is 10.0 Å². The van der Waals surface area contributed by atoms with Crippen molar-refractivity contribution in [2.24, 2.45) is 0 Å². The van der Waals surface area contributed by atoms with Crippen LogP contribution < -0.4 is 0 Å². The van der Waals surface area contributed by atoms with E-state index in [1.807, 2.05) is 24.3 Å². The SMILES string of the molecule is C[C@H](C#N)OC(=O)c1cccc(S(=O)(=O)N2CCc3ccccc3C2)c1. The number of rotatable bonds is 4. The summed E-state index contributed by atoms with van der Waals surface area (Å²) < 4.78 is 32.3. The predicted molar refractivity (Wildman–Crippen MR) is 94.7 cm³/mol.